The predicted molar refractivity (Wildman–Crippen MR) is 158 cm³/mol. The van der Waals surface area contributed by atoms with Crippen LogP contribution in [0.2, 0.25) is 0 Å². The van der Waals surface area contributed by atoms with Gasteiger partial charge in [-0.25, -0.2) is 9.97 Å². The van der Waals surface area contributed by atoms with Gasteiger partial charge in [-0.05, 0) is 75.7 Å². The third-order valence-electron chi connectivity index (χ3n) is 8.34. The molecule has 0 fully saturated rings. The number of allylic oxidation sites excluding steroid dienone is 4. The third-order valence-corrected chi connectivity index (χ3v) is 8.34. The average Bonchev–Trinajstić information content (AvgIpc) is 3.57. The Labute approximate surface area is 241 Å². The molecule has 3 aromatic rings. The van der Waals surface area contributed by atoms with E-state index in [0.717, 1.165) is 99.1 Å². The van der Waals surface area contributed by atoms with Gasteiger partial charge in [0.25, 0.3) is 0 Å². The van der Waals surface area contributed by atoms with Gasteiger partial charge in [-0.15, -0.1) is 22.1 Å². The van der Waals surface area contributed by atoms with Crippen molar-refractivity contribution in [3.8, 4) is 0 Å². The third kappa shape index (κ3) is 4.53. The molecule has 0 atom stereocenters. The zero-order valence-corrected chi connectivity index (χ0v) is 25.1. The SMILES string of the molecule is CCC1=C(C)c2cc3[n-]c(cc4nc(c(C=O)c5[n-]c(cc1n2)c(C)c5CC)C(C)=C4CC)c(C)c3CC.[Ni+2]. The van der Waals surface area contributed by atoms with E-state index in [-0.39, 0.29) is 16.5 Å². The number of hydrogen-bond acceptors (Lipinski definition) is 3. The molecular weight excluding hydrogens is 527 g/mol. The summed E-state index contributed by atoms with van der Waals surface area (Å²) in [6, 6.07) is 6.32. The molecule has 0 N–H and O–H groups in total. The minimum atomic E-state index is 0. The van der Waals surface area contributed by atoms with Crippen LogP contribution in [0.4, 0.5) is 0 Å². The fourth-order valence-corrected chi connectivity index (χ4v) is 6.11. The first kappa shape index (κ1) is 28.8. The van der Waals surface area contributed by atoms with Crippen LogP contribution in [0.3, 0.4) is 0 Å². The summed E-state index contributed by atoms with van der Waals surface area (Å²) in [5.74, 6) is 0. The topological polar surface area (TPSA) is 71.1 Å². The number of aldehydes is 1. The van der Waals surface area contributed by atoms with Crippen LogP contribution in [0.1, 0.15) is 110 Å². The minimum absolute atomic E-state index is 0. The molecule has 5 nitrogen and oxygen atoms in total. The Morgan fingerprint density at radius 3 is 1.79 bits per heavy atom. The van der Waals surface area contributed by atoms with Gasteiger partial charge in [-0.2, -0.15) is 0 Å². The standard InChI is InChI=1S/C33H37N4O.Ni/c1-9-21-18(6)27-14-31-23(11-3)20(8)32(37-31)25(16-38)33-24(12-4)19(7)28(36-33)15-30-22(10-2)17(5)26(34-30)13-29(21)35-27;/h13-16H,9-12H2,1-8H3,(H-,34,35,36,37,38);/q-1;+2/p-1. The summed E-state index contributed by atoms with van der Waals surface area (Å²) >= 11 is 0. The van der Waals surface area contributed by atoms with Crippen LogP contribution in [-0.4, -0.2) is 16.3 Å². The van der Waals surface area contributed by atoms with Crippen molar-refractivity contribution in [3.05, 3.63) is 68.8 Å². The number of nitrogens with zero attached hydrogens (tertiary/aromatic N) is 4. The fraction of sp³-hybridized carbons (Fsp3) is 0.364. The summed E-state index contributed by atoms with van der Waals surface area (Å²) in [7, 11) is 0. The van der Waals surface area contributed by atoms with Gasteiger partial charge >= 0.3 is 16.5 Å². The van der Waals surface area contributed by atoms with Crippen LogP contribution in [0.25, 0.3) is 44.4 Å². The average molecular weight is 563 g/mol. The van der Waals surface area contributed by atoms with Gasteiger partial charge < -0.3 is 9.97 Å². The van der Waals surface area contributed by atoms with E-state index >= 15 is 0 Å². The molecule has 8 bridgehead atoms. The van der Waals surface area contributed by atoms with Crippen molar-refractivity contribution >= 4 is 50.6 Å². The van der Waals surface area contributed by atoms with Crippen molar-refractivity contribution in [2.45, 2.75) is 81.1 Å². The number of fused-ring (bicyclic) bond motifs is 8. The van der Waals surface area contributed by atoms with E-state index in [4.69, 9.17) is 19.9 Å². The van der Waals surface area contributed by atoms with Crippen LogP contribution in [0, 0.1) is 13.8 Å². The zero-order chi connectivity index (χ0) is 27.3. The first-order chi connectivity index (χ1) is 18.3. The molecule has 2 aliphatic heterocycles. The number of carbonyl (C=O) groups excluding carboxylic acids is 1. The molecule has 0 amide bonds. The smallest absolute Gasteiger partial charge is 0.657 e. The van der Waals surface area contributed by atoms with Gasteiger partial charge in [0, 0.05) is 5.56 Å². The van der Waals surface area contributed by atoms with Crippen molar-refractivity contribution in [2.24, 2.45) is 0 Å². The molecule has 204 valence electrons. The monoisotopic (exact) mass is 562 g/mol. The minimum Gasteiger partial charge on any atom is -0.657 e. The van der Waals surface area contributed by atoms with Gasteiger partial charge in [0.05, 0.1) is 22.8 Å². The Morgan fingerprint density at radius 1 is 0.667 bits per heavy atom. The molecule has 0 radical (unpaired) electrons. The van der Waals surface area contributed by atoms with E-state index in [1.807, 2.05) is 0 Å². The molecule has 5 heterocycles. The van der Waals surface area contributed by atoms with Gasteiger partial charge in [0.15, 0.2) is 6.29 Å². The van der Waals surface area contributed by atoms with E-state index < -0.39 is 0 Å². The Bertz CT molecular complexity index is 1720. The molecule has 3 aromatic heterocycles. The second-order valence-corrected chi connectivity index (χ2v) is 10.2. The quantitative estimate of drug-likeness (QED) is 0.234. The molecule has 6 heteroatoms. The van der Waals surface area contributed by atoms with Gasteiger partial charge in [-0.1, -0.05) is 68.1 Å². The maximum atomic E-state index is 12.7. The first-order valence-corrected chi connectivity index (χ1v) is 13.8. The number of aryl methyl sites for hydroxylation is 4. The Balaban J connectivity index is 0.00000353. The number of carbonyl (C=O) groups is 1. The van der Waals surface area contributed by atoms with Crippen LogP contribution in [0.15, 0.2) is 18.2 Å². The first-order valence-electron chi connectivity index (χ1n) is 13.8. The Hall–Kier alpha value is -3.24. The maximum absolute atomic E-state index is 12.7. The molecule has 2 aliphatic rings. The van der Waals surface area contributed by atoms with Crippen LogP contribution in [0.5, 0.6) is 0 Å². The van der Waals surface area contributed by atoms with E-state index in [0.29, 0.717) is 5.56 Å². The van der Waals surface area contributed by atoms with Crippen LogP contribution < -0.4 is 9.97 Å². The van der Waals surface area contributed by atoms with E-state index in [2.05, 4.69) is 73.6 Å². The van der Waals surface area contributed by atoms with E-state index in [9.17, 15) is 4.79 Å². The maximum Gasteiger partial charge on any atom is 2.00 e. The molecule has 0 unspecified atom stereocenters. The number of aromatic nitrogens is 4. The second kappa shape index (κ2) is 11.1. The van der Waals surface area contributed by atoms with Crippen molar-refractivity contribution in [1.29, 1.82) is 0 Å². The molecule has 0 saturated carbocycles. The largest absolute Gasteiger partial charge is 2.00 e. The summed E-state index contributed by atoms with van der Waals surface area (Å²) in [5, 5.41) is 0. The van der Waals surface area contributed by atoms with E-state index in [1.165, 1.54) is 22.3 Å². The number of rotatable bonds is 5. The van der Waals surface area contributed by atoms with Gasteiger partial charge in [0.1, 0.15) is 0 Å². The predicted octanol–water partition coefficient (Wildman–Crippen LogP) is 7.81. The molecular formula is C33H36N4NiO. The summed E-state index contributed by atoms with van der Waals surface area (Å²) in [6.07, 6.45) is 4.30. The Morgan fingerprint density at radius 2 is 1.21 bits per heavy atom. The van der Waals surface area contributed by atoms with Gasteiger partial charge in [0.2, 0.25) is 0 Å². The zero-order valence-electron chi connectivity index (χ0n) is 24.2. The summed E-state index contributed by atoms with van der Waals surface area (Å²) in [6.45, 7) is 17.1. The fourth-order valence-electron chi connectivity index (χ4n) is 6.11. The van der Waals surface area contributed by atoms with Crippen LogP contribution in [-0.2, 0) is 29.3 Å². The summed E-state index contributed by atoms with van der Waals surface area (Å²) < 4.78 is 0. The second-order valence-electron chi connectivity index (χ2n) is 10.2. The Kier molecular flexibility index (Phi) is 8.18. The molecule has 0 saturated heterocycles. The normalized spacial score (nSPS) is 13.2. The molecule has 5 rings (SSSR count). The molecule has 0 spiro atoms. The molecule has 0 aromatic carbocycles. The molecule has 0 aliphatic carbocycles. The van der Waals surface area contributed by atoms with Crippen molar-refractivity contribution < 1.29 is 21.3 Å². The van der Waals surface area contributed by atoms with Crippen molar-refractivity contribution in [1.82, 2.24) is 19.9 Å². The van der Waals surface area contributed by atoms with Crippen LogP contribution >= 0.6 is 0 Å². The number of hydrogen-bond donors (Lipinski definition) is 0. The van der Waals surface area contributed by atoms with Crippen molar-refractivity contribution in [3.63, 3.8) is 0 Å². The van der Waals surface area contributed by atoms with Crippen molar-refractivity contribution in [2.75, 3.05) is 0 Å². The van der Waals surface area contributed by atoms with E-state index in [1.54, 1.807) is 0 Å². The van der Waals surface area contributed by atoms with Gasteiger partial charge in [-0.3, -0.25) is 4.79 Å². The summed E-state index contributed by atoms with van der Waals surface area (Å²) in [4.78, 5) is 32.9. The molecule has 39 heavy (non-hydrogen) atoms. The summed E-state index contributed by atoms with van der Waals surface area (Å²) in [5.41, 5.74) is 16.7.